The SMILES string of the molecule is CN1C=C(OC=O)SC1. The second-order valence-corrected chi connectivity index (χ2v) is 2.64. The Morgan fingerprint density at radius 1 is 2.00 bits per heavy atom. The van der Waals surface area contributed by atoms with Gasteiger partial charge in [0.2, 0.25) is 0 Å². The molecule has 0 radical (unpaired) electrons. The molecule has 0 unspecified atom stereocenters. The van der Waals surface area contributed by atoms with E-state index >= 15 is 0 Å². The Labute approximate surface area is 57.7 Å². The maximum Gasteiger partial charge on any atom is 0.299 e. The van der Waals surface area contributed by atoms with E-state index in [1.165, 1.54) is 11.8 Å². The minimum atomic E-state index is 0.442. The lowest BCUT2D eigenvalue weighted by Crippen LogP contribution is -2.02. The fraction of sp³-hybridized carbons (Fsp3) is 0.400. The van der Waals surface area contributed by atoms with Gasteiger partial charge in [-0.2, -0.15) is 0 Å². The number of hydrogen-bond donors (Lipinski definition) is 0. The van der Waals surface area contributed by atoms with Gasteiger partial charge in [0.05, 0.1) is 12.1 Å². The molecule has 9 heavy (non-hydrogen) atoms. The Morgan fingerprint density at radius 2 is 2.78 bits per heavy atom. The molecule has 3 nitrogen and oxygen atoms in total. The van der Waals surface area contributed by atoms with Crippen molar-refractivity contribution >= 4 is 18.2 Å². The fourth-order valence-electron chi connectivity index (χ4n) is 0.532. The Morgan fingerprint density at radius 3 is 3.22 bits per heavy atom. The maximum atomic E-state index is 9.77. The molecular formula is C5H7NO2S. The van der Waals surface area contributed by atoms with Gasteiger partial charge in [0.1, 0.15) is 0 Å². The van der Waals surface area contributed by atoms with Crippen molar-refractivity contribution in [2.75, 3.05) is 12.9 Å². The molecular weight excluding hydrogens is 138 g/mol. The normalized spacial score (nSPS) is 17.4. The minimum Gasteiger partial charge on any atom is -0.420 e. The molecule has 0 fully saturated rings. The van der Waals surface area contributed by atoms with E-state index in [1.54, 1.807) is 6.20 Å². The topological polar surface area (TPSA) is 29.5 Å². The lowest BCUT2D eigenvalue weighted by Gasteiger charge is -2.00. The van der Waals surface area contributed by atoms with Crippen molar-refractivity contribution < 1.29 is 9.53 Å². The summed E-state index contributed by atoms with van der Waals surface area (Å²) in [7, 11) is 1.92. The van der Waals surface area contributed by atoms with E-state index in [0.717, 1.165) is 5.88 Å². The predicted molar refractivity (Wildman–Crippen MR) is 35.5 cm³/mol. The van der Waals surface area contributed by atoms with Crippen molar-refractivity contribution in [3.8, 4) is 0 Å². The molecule has 1 rings (SSSR count). The van der Waals surface area contributed by atoms with Crippen LogP contribution in [0.3, 0.4) is 0 Å². The third-order valence-corrected chi connectivity index (χ3v) is 1.92. The molecule has 0 saturated carbocycles. The zero-order chi connectivity index (χ0) is 6.69. The van der Waals surface area contributed by atoms with Crippen molar-refractivity contribution in [3.05, 3.63) is 11.3 Å². The zero-order valence-corrected chi connectivity index (χ0v) is 5.85. The van der Waals surface area contributed by atoms with Gasteiger partial charge in [-0.15, -0.1) is 0 Å². The van der Waals surface area contributed by atoms with Gasteiger partial charge in [-0.25, -0.2) is 0 Å². The molecule has 0 aromatic carbocycles. The Kier molecular flexibility index (Phi) is 2.00. The third-order valence-electron chi connectivity index (χ3n) is 0.901. The number of thioether (sulfide) groups is 1. The number of rotatable bonds is 2. The van der Waals surface area contributed by atoms with Crippen molar-refractivity contribution in [2.24, 2.45) is 0 Å². The predicted octanol–water partition coefficient (Wildman–Crippen LogP) is 0.594. The summed E-state index contributed by atoms with van der Waals surface area (Å²) in [6.45, 7) is 0.442. The highest BCUT2D eigenvalue weighted by molar-refractivity contribution is 8.03. The molecule has 1 aliphatic heterocycles. The highest BCUT2D eigenvalue weighted by atomic mass is 32.2. The number of carbonyl (C=O) groups excluding carboxylic acids is 1. The van der Waals surface area contributed by atoms with Crippen LogP contribution in [0.4, 0.5) is 0 Å². The van der Waals surface area contributed by atoms with E-state index in [9.17, 15) is 4.79 Å². The van der Waals surface area contributed by atoms with E-state index in [-0.39, 0.29) is 0 Å². The van der Waals surface area contributed by atoms with Gasteiger partial charge in [-0.05, 0) is 0 Å². The van der Waals surface area contributed by atoms with Crippen LogP contribution in [0.1, 0.15) is 0 Å². The summed E-state index contributed by atoms with van der Waals surface area (Å²) in [5.74, 6) is 0.864. The zero-order valence-electron chi connectivity index (χ0n) is 5.03. The molecule has 1 heterocycles. The smallest absolute Gasteiger partial charge is 0.299 e. The molecule has 0 aromatic heterocycles. The molecule has 0 aromatic rings. The Hall–Kier alpha value is -0.640. The molecule has 0 saturated heterocycles. The summed E-state index contributed by atoms with van der Waals surface area (Å²) in [6, 6.07) is 0. The number of hydrogen-bond acceptors (Lipinski definition) is 4. The van der Waals surface area contributed by atoms with Gasteiger partial charge in [0.25, 0.3) is 6.47 Å². The lowest BCUT2D eigenvalue weighted by molar-refractivity contribution is -0.124. The highest BCUT2D eigenvalue weighted by Crippen LogP contribution is 2.23. The van der Waals surface area contributed by atoms with Crippen LogP contribution in [0.2, 0.25) is 0 Å². The van der Waals surface area contributed by atoms with Gasteiger partial charge in [0, 0.05) is 7.05 Å². The van der Waals surface area contributed by atoms with Crippen molar-refractivity contribution in [1.29, 1.82) is 0 Å². The summed E-state index contributed by atoms with van der Waals surface area (Å²) in [5, 5.41) is 0.674. The van der Waals surface area contributed by atoms with Gasteiger partial charge < -0.3 is 9.64 Å². The largest absolute Gasteiger partial charge is 0.420 e. The van der Waals surface area contributed by atoms with Crippen molar-refractivity contribution in [1.82, 2.24) is 4.90 Å². The highest BCUT2D eigenvalue weighted by Gasteiger charge is 2.09. The first kappa shape index (κ1) is 6.48. The molecule has 0 spiro atoms. The summed E-state index contributed by atoms with van der Waals surface area (Å²) >= 11 is 1.51. The number of carbonyl (C=O) groups is 1. The average Bonchev–Trinajstić information content (AvgIpc) is 2.17. The quantitative estimate of drug-likeness (QED) is 0.532. The second-order valence-electron chi connectivity index (χ2n) is 1.69. The van der Waals surface area contributed by atoms with Crippen LogP contribution >= 0.6 is 11.8 Å². The van der Waals surface area contributed by atoms with Crippen LogP contribution in [0.5, 0.6) is 0 Å². The summed E-state index contributed by atoms with van der Waals surface area (Å²) in [6.07, 6.45) is 1.79. The van der Waals surface area contributed by atoms with Crippen LogP contribution in [0, 0.1) is 0 Å². The lowest BCUT2D eigenvalue weighted by atomic mass is 10.8. The van der Waals surface area contributed by atoms with Crippen molar-refractivity contribution in [2.45, 2.75) is 0 Å². The molecule has 4 heteroatoms. The monoisotopic (exact) mass is 145 g/mol. The molecule has 1 aliphatic rings. The van der Waals surface area contributed by atoms with Gasteiger partial charge in [-0.1, -0.05) is 11.8 Å². The van der Waals surface area contributed by atoms with Crippen molar-refractivity contribution in [3.63, 3.8) is 0 Å². The minimum absolute atomic E-state index is 0.442. The van der Waals surface area contributed by atoms with Crippen LogP contribution < -0.4 is 0 Å². The molecule has 0 aliphatic carbocycles. The number of ether oxygens (including phenoxy) is 1. The van der Waals surface area contributed by atoms with E-state index < -0.39 is 0 Å². The maximum absolute atomic E-state index is 9.77. The van der Waals surface area contributed by atoms with Crippen LogP contribution in [0.25, 0.3) is 0 Å². The van der Waals surface area contributed by atoms with Gasteiger partial charge in [-0.3, -0.25) is 4.79 Å². The summed E-state index contributed by atoms with van der Waals surface area (Å²) < 4.78 is 4.58. The van der Waals surface area contributed by atoms with E-state index in [0.29, 0.717) is 11.6 Å². The molecule has 0 N–H and O–H groups in total. The molecule has 0 amide bonds. The van der Waals surface area contributed by atoms with E-state index in [1.807, 2.05) is 11.9 Å². The Balaban J connectivity index is 2.41. The first-order valence-corrected chi connectivity index (χ1v) is 3.46. The third kappa shape index (κ3) is 1.64. The summed E-state index contributed by atoms with van der Waals surface area (Å²) in [4.78, 5) is 11.7. The van der Waals surface area contributed by atoms with Crippen LogP contribution in [-0.2, 0) is 9.53 Å². The van der Waals surface area contributed by atoms with Gasteiger partial charge in [0.15, 0.2) is 5.09 Å². The Bertz CT molecular complexity index is 146. The standard InChI is InChI=1S/C5H7NO2S/c1-6-2-5(8-4-7)9-3-6/h2,4H,3H2,1H3. The molecule has 0 atom stereocenters. The van der Waals surface area contributed by atoms with Gasteiger partial charge >= 0.3 is 0 Å². The fourth-order valence-corrected chi connectivity index (χ4v) is 1.30. The van der Waals surface area contributed by atoms with Crippen LogP contribution in [0.15, 0.2) is 11.3 Å². The molecule has 0 bridgehead atoms. The van der Waals surface area contributed by atoms with E-state index in [2.05, 4.69) is 4.74 Å². The molecule has 50 valence electrons. The second kappa shape index (κ2) is 2.77. The first-order valence-electron chi connectivity index (χ1n) is 2.48. The summed E-state index contributed by atoms with van der Waals surface area (Å²) in [5.41, 5.74) is 0. The first-order chi connectivity index (χ1) is 4.33. The average molecular weight is 145 g/mol. The van der Waals surface area contributed by atoms with Crippen LogP contribution in [-0.4, -0.2) is 24.3 Å². The van der Waals surface area contributed by atoms with E-state index in [4.69, 9.17) is 0 Å². The number of nitrogens with zero attached hydrogens (tertiary/aromatic N) is 1.